The van der Waals surface area contributed by atoms with Crippen LogP contribution in [0.1, 0.15) is 30.0 Å². The molecule has 1 saturated heterocycles. The van der Waals surface area contributed by atoms with Gasteiger partial charge in [0.05, 0.1) is 5.56 Å². The fourth-order valence-electron chi connectivity index (χ4n) is 3.10. The summed E-state index contributed by atoms with van der Waals surface area (Å²) in [6.07, 6.45) is -2.78. The summed E-state index contributed by atoms with van der Waals surface area (Å²) in [6.45, 7) is 1.76. The van der Waals surface area contributed by atoms with Gasteiger partial charge in [-0.25, -0.2) is 0 Å². The SMILES string of the molecule is CN1CCC(c2cc3c(C(F)(F)F)cccc3c(=O)[nH]2)CC1. The van der Waals surface area contributed by atoms with Crippen LogP contribution in [0, 0.1) is 0 Å². The number of halogens is 3. The third-order valence-corrected chi connectivity index (χ3v) is 4.37. The number of aromatic nitrogens is 1. The molecule has 1 aromatic carbocycles. The van der Waals surface area contributed by atoms with Crippen LogP contribution in [-0.4, -0.2) is 30.0 Å². The van der Waals surface area contributed by atoms with Crippen LogP contribution in [0.4, 0.5) is 13.2 Å². The van der Waals surface area contributed by atoms with Crippen LogP contribution in [0.5, 0.6) is 0 Å². The molecule has 0 spiro atoms. The van der Waals surface area contributed by atoms with Gasteiger partial charge in [0.1, 0.15) is 0 Å². The van der Waals surface area contributed by atoms with Crippen molar-refractivity contribution in [2.45, 2.75) is 24.9 Å². The number of hydrogen-bond acceptors (Lipinski definition) is 2. The van der Waals surface area contributed by atoms with E-state index in [0.29, 0.717) is 5.69 Å². The number of likely N-dealkylation sites (tertiary alicyclic amines) is 1. The van der Waals surface area contributed by atoms with Gasteiger partial charge in [-0.3, -0.25) is 4.79 Å². The van der Waals surface area contributed by atoms with Gasteiger partial charge in [0.25, 0.3) is 5.56 Å². The maximum Gasteiger partial charge on any atom is 0.417 e. The molecule has 0 saturated carbocycles. The topological polar surface area (TPSA) is 36.1 Å². The van der Waals surface area contributed by atoms with Crippen LogP contribution in [0.15, 0.2) is 29.1 Å². The van der Waals surface area contributed by atoms with Crippen LogP contribution in [0.25, 0.3) is 10.8 Å². The molecule has 0 aliphatic carbocycles. The minimum absolute atomic E-state index is 0.00678. The number of pyridine rings is 1. The first-order chi connectivity index (χ1) is 10.4. The number of H-pyrrole nitrogens is 1. The van der Waals surface area contributed by atoms with Gasteiger partial charge in [-0.2, -0.15) is 13.2 Å². The molecule has 0 amide bonds. The Bertz CT molecular complexity index is 743. The van der Waals surface area contributed by atoms with Gasteiger partial charge < -0.3 is 9.88 Å². The maximum atomic E-state index is 13.2. The molecule has 2 heterocycles. The molecule has 1 aliphatic rings. The number of benzene rings is 1. The van der Waals surface area contributed by atoms with Gasteiger partial charge >= 0.3 is 6.18 Å². The molecular weight excluding hydrogens is 293 g/mol. The Kier molecular flexibility index (Phi) is 3.72. The van der Waals surface area contributed by atoms with Crippen LogP contribution < -0.4 is 5.56 Å². The largest absolute Gasteiger partial charge is 0.417 e. The lowest BCUT2D eigenvalue weighted by molar-refractivity contribution is -0.136. The van der Waals surface area contributed by atoms with E-state index in [1.165, 1.54) is 18.2 Å². The van der Waals surface area contributed by atoms with Crippen molar-refractivity contribution < 1.29 is 13.2 Å². The van der Waals surface area contributed by atoms with Crippen molar-refractivity contribution in [1.82, 2.24) is 9.88 Å². The Hall–Kier alpha value is -1.82. The second-order valence-electron chi connectivity index (χ2n) is 5.90. The van der Waals surface area contributed by atoms with Crippen molar-refractivity contribution in [3.05, 3.63) is 45.9 Å². The molecule has 0 atom stereocenters. The predicted octanol–water partition coefficient (Wildman–Crippen LogP) is 3.36. The highest BCUT2D eigenvalue weighted by atomic mass is 19.4. The second-order valence-corrected chi connectivity index (χ2v) is 5.90. The summed E-state index contributed by atoms with van der Waals surface area (Å²) in [5.74, 6) is 0.106. The van der Waals surface area contributed by atoms with Gasteiger partial charge in [0.2, 0.25) is 0 Å². The number of rotatable bonds is 1. The molecule has 22 heavy (non-hydrogen) atoms. The first kappa shape index (κ1) is 15.1. The Morgan fingerprint density at radius 1 is 1.18 bits per heavy atom. The number of piperidine rings is 1. The zero-order valence-corrected chi connectivity index (χ0v) is 12.2. The number of nitrogens with one attached hydrogen (secondary N) is 1. The molecular formula is C16H17F3N2O. The summed E-state index contributed by atoms with van der Waals surface area (Å²) in [5.41, 5.74) is -0.579. The zero-order valence-electron chi connectivity index (χ0n) is 12.2. The molecule has 1 aliphatic heterocycles. The van der Waals surface area contributed by atoms with Crippen LogP contribution >= 0.6 is 0 Å². The highest BCUT2D eigenvalue weighted by Gasteiger charge is 2.33. The van der Waals surface area contributed by atoms with Gasteiger partial charge in [-0.1, -0.05) is 6.07 Å². The molecule has 3 rings (SSSR count). The fraction of sp³-hybridized carbons (Fsp3) is 0.438. The molecule has 0 unspecified atom stereocenters. The van der Waals surface area contributed by atoms with E-state index in [9.17, 15) is 18.0 Å². The predicted molar refractivity (Wildman–Crippen MR) is 79.0 cm³/mol. The Balaban J connectivity index is 2.12. The van der Waals surface area contributed by atoms with Crippen molar-refractivity contribution >= 4 is 10.8 Å². The number of hydrogen-bond donors (Lipinski definition) is 1. The van der Waals surface area contributed by atoms with Crippen LogP contribution in [0.3, 0.4) is 0 Å². The first-order valence-corrected chi connectivity index (χ1v) is 7.28. The third-order valence-electron chi connectivity index (χ3n) is 4.37. The van der Waals surface area contributed by atoms with Gasteiger partial charge in [-0.15, -0.1) is 0 Å². The van der Waals surface area contributed by atoms with E-state index in [4.69, 9.17) is 0 Å². The van der Waals surface area contributed by atoms with Crippen molar-refractivity contribution in [2.24, 2.45) is 0 Å². The van der Waals surface area contributed by atoms with Crippen LogP contribution in [-0.2, 0) is 6.18 Å². The number of fused-ring (bicyclic) bond motifs is 1. The van der Waals surface area contributed by atoms with E-state index in [2.05, 4.69) is 9.88 Å². The molecule has 2 aromatic rings. The molecule has 6 heteroatoms. The maximum absolute atomic E-state index is 13.2. The smallest absolute Gasteiger partial charge is 0.325 e. The van der Waals surface area contributed by atoms with E-state index in [0.717, 1.165) is 32.0 Å². The van der Waals surface area contributed by atoms with Gasteiger partial charge in [0.15, 0.2) is 0 Å². The van der Waals surface area contributed by atoms with Gasteiger partial charge in [0, 0.05) is 22.4 Å². The Labute approximate surface area is 125 Å². The Morgan fingerprint density at radius 3 is 2.50 bits per heavy atom. The summed E-state index contributed by atoms with van der Waals surface area (Å²) >= 11 is 0. The lowest BCUT2D eigenvalue weighted by atomic mass is 9.91. The molecule has 3 nitrogen and oxygen atoms in total. The summed E-state index contributed by atoms with van der Waals surface area (Å²) in [5, 5.41) is 0.0826. The van der Waals surface area contributed by atoms with Crippen molar-refractivity contribution in [1.29, 1.82) is 0 Å². The highest BCUT2D eigenvalue weighted by Crippen LogP contribution is 2.35. The number of aromatic amines is 1. The Morgan fingerprint density at radius 2 is 1.86 bits per heavy atom. The normalized spacial score (nSPS) is 18.0. The summed E-state index contributed by atoms with van der Waals surface area (Å²) in [6, 6.07) is 5.24. The molecule has 1 N–H and O–H groups in total. The third kappa shape index (κ3) is 2.75. The molecule has 118 valence electrons. The lowest BCUT2D eigenvalue weighted by Gasteiger charge is -2.29. The standard InChI is InChI=1S/C16H17F3N2O/c1-21-7-5-10(6-8-21)14-9-12-11(15(22)20-14)3-2-4-13(12)16(17,18)19/h2-4,9-10H,5-8H2,1H3,(H,20,22). The summed E-state index contributed by atoms with van der Waals surface area (Å²) in [4.78, 5) is 17.1. The zero-order chi connectivity index (χ0) is 15.9. The fourth-order valence-corrected chi connectivity index (χ4v) is 3.10. The molecule has 1 fully saturated rings. The quantitative estimate of drug-likeness (QED) is 0.877. The van der Waals surface area contributed by atoms with E-state index >= 15 is 0 Å². The average molecular weight is 310 g/mol. The lowest BCUT2D eigenvalue weighted by Crippen LogP contribution is -2.30. The first-order valence-electron chi connectivity index (χ1n) is 7.28. The van der Waals surface area contributed by atoms with E-state index in [-0.39, 0.29) is 16.7 Å². The number of nitrogens with zero attached hydrogens (tertiary/aromatic N) is 1. The number of alkyl halides is 3. The molecule has 0 bridgehead atoms. The van der Waals surface area contributed by atoms with Crippen LogP contribution in [0.2, 0.25) is 0 Å². The summed E-state index contributed by atoms with van der Waals surface area (Å²) < 4.78 is 39.5. The second kappa shape index (κ2) is 5.43. The minimum Gasteiger partial charge on any atom is -0.325 e. The van der Waals surface area contributed by atoms with E-state index in [1.807, 2.05) is 7.05 Å². The highest BCUT2D eigenvalue weighted by molar-refractivity contribution is 5.85. The molecule has 0 radical (unpaired) electrons. The molecule has 1 aromatic heterocycles. The average Bonchev–Trinajstić information content (AvgIpc) is 2.46. The van der Waals surface area contributed by atoms with Gasteiger partial charge in [-0.05, 0) is 51.2 Å². The minimum atomic E-state index is -4.46. The van der Waals surface area contributed by atoms with E-state index in [1.54, 1.807) is 0 Å². The summed E-state index contributed by atoms with van der Waals surface area (Å²) in [7, 11) is 2.01. The van der Waals surface area contributed by atoms with Crippen molar-refractivity contribution in [3.8, 4) is 0 Å². The van der Waals surface area contributed by atoms with E-state index < -0.39 is 17.3 Å². The van der Waals surface area contributed by atoms with Crippen molar-refractivity contribution in [3.63, 3.8) is 0 Å². The van der Waals surface area contributed by atoms with Crippen molar-refractivity contribution in [2.75, 3.05) is 20.1 Å². The monoisotopic (exact) mass is 310 g/mol.